The van der Waals surface area contributed by atoms with Crippen LogP contribution in [0.5, 0.6) is 0 Å². The van der Waals surface area contributed by atoms with Crippen molar-refractivity contribution in [2.45, 2.75) is 32.4 Å². The minimum Gasteiger partial charge on any atom is -0.378 e. The molecule has 0 aromatic carbocycles. The molecule has 0 bridgehead atoms. The second-order valence-corrected chi connectivity index (χ2v) is 7.94. The largest absolute Gasteiger partial charge is 0.378 e. The lowest BCUT2D eigenvalue weighted by Crippen LogP contribution is -2.45. The van der Waals surface area contributed by atoms with Crippen molar-refractivity contribution in [2.24, 2.45) is 0 Å². The van der Waals surface area contributed by atoms with Crippen molar-refractivity contribution in [3.05, 3.63) is 40.0 Å². The Morgan fingerprint density at radius 1 is 1.37 bits per heavy atom. The number of aromatic nitrogens is 4. The van der Waals surface area contributed by atoms with Crippen LogP contribution in [-0.2, 0) is 11.3 Å². The van der Waals surface area contributed by atoms with E-state index in [-0.39, 0.29) is 11.9 Å². The van der Waals surface area contributed by atoms with Crippen LogP contribution in [0.2, 0.25) is 0 Å². The monoisotopic (exact) mass is 386 g/mol. The van der Waals surface area contributed by atoms with Gasteiger partial charge in [-0.25, -0.2) is 4.98 Å². The number of carbonyl (C=O) groups is 1. The van der Waals surface area contributed by atoms with Gasteiger partial charge in [0.2, 0.25) is 0 Å². The summed E-state index contributed by atoms with van der Waals surface area (Å²) in [5, 5.41) is 7.46. The van der Waals surface area contributed by atoms with E-state index in [1.165, 1.54) is 17.7 Å². The number of nitrogens with one attached hydrogen (secondary N) is 1. The fourth-order valence-electron chi connectivity index (χ4n) is 3.36. The maximum atomic E-state index is 12.4. The SMILES string of the molecule is COCc1cc(N2CCC(NC(=O)c3ccc(C)s3)CC2)n2ncnc2n1. The zero-order valence-electron chi connectivity index (χ0n) is 15.4. The van der Waals surface area contributed by atoms with Gasteiger partial charge >= 0.3 is 0 Å². The first-order valence-corrected chi connectivity index (χ1v) is 9.76. The number of ether oxygens (including phenoxy) is 1. The molecule has 1 aliphatic heterocycles. The average molecular weight is 386 g/mol. The predicted octanol–water partition coefficient (Wildman–Crippen LogP) is 2.04. The summed E-state index contributed by atoms with van der Waals surface area (Å²) in [5.74, 6) is 1.56. The highest BCUT2D eigenvalue weighted by Crippen LogP contribution is 2.22. The summed E-state index contributed by atoms with van der Waals surface area (Å²) in [5.41, 5.74) is 0.830. The summed E-state index contributed by atoms with van der Waals surface area (Å²) < 4.78 is 6.97. The summed E-state index contributed by atoms with van der Waals surface area (Å²) in [6, 6.07) is 6.05. The second-order valence-electron chi connectivity index (χ2n) is 6.66. The lowest BCUT2D eigenvalue weighted by Gasteiger charge is -2.33. The van der Waals surface area contributed by atoms with Crippen LogP contribution in [-0.4, -0.2) is 51.7 Å². The third-order valence-corrected chi connectivity index (χ3v) is 5.70. The first-order valence-electron chi connectivity index (χ1n) is 8.95. The zero-order valence-corrected chi connectivity index (χ0v) is 16.2. The van der Waals surface area contributed by atoms with E-state index >= 15 is 0 Å². The minimum absolute atomic E-state index is 0.0245. The third-order valence-electron chi connectivity index (χ3n) is 4.70. The molecule has 4 rings (SSSR count). The van der Waals surface area contributed by atoms with Crippen molar-refractivity contribution in [1.82, 2.24) is 24.9 Å². The van der Waals surface area contributed by atoms with Crippen molar-refractivity contribution < 1.29 is 9.53 Å². The number of rotatable bonds is 5. The van der Waals surface area contributed by atoms with Gasteiger partial charge in [-0.2, -0.15) is 14.6 Å². The summed E-state index contributed by atoms with van der Waals surface area (Å²) >= 11 is 1.53. The van der Waals surface area contributed by atoms with Gasteiger partial charge in [0.15, 0.2) is 0 Å². The van der Waals surface area contributed by atoms with Gasteiger partial charge < -0.3 is 15.0 Å². The maximum absolute atomic E-state index is 12.4. The highest BCUT2D eigenvalue weighted by molar-refractivity contribution is 7.13. The first kappa shape index (κ1) is 17.9. The number of fused-ring (bicyclic) bond motifs is 1. The van der Waals surface area contributed by atoms with Gasteiger partial charge in [0.1, 0.15) is 12.1 Å². The Labute approximate surface area is 161 Å². The van der Waals surface area contributed by atoms with E-state index in [0.29, 0.717) is 12.4 Å². The Kier molecular flexibility index (Phi) is 5.04. The van der Waals surface area contributed by atoms with Crippen LogP contribution >= 0.6 is 11.3 Å². The molecule has 4 heterocycles. The minimum atomic E-state index is 0.0245. The van der Waals surface area contributed by atoms with Crippen molar-refractivity contribution in [2.75, 3.05) is 25.1 Å². The Morgan fingerprint density at radius 2 is 2.19 bits per heavy atom. The summed E-state index contributed by atoms with van der Waals surface area (Å²) in [4.78, 5) is 25.2. The van der Waals surface area contributed by atoms with Crippen LogP contribution in [0.15, 0.2) is 24.5 Å². The van der Waals surface area contributed by atoms with Crippen molar-refractivity contribution in [3.63, 3.8) is 0 Å². The van der Waals surface area contributed by atoms with Crippen LogP contribution in [0, 0.1) is 6.92 Å². The Hall–Kier alpha value is -2.52. The van der Waals surface area contributed by atoms with Gasteiger partial charge in [-0.15, -0.1) is 11.3 Å². The molecule has 0 spiro atoms. The van der Waals surface area contributed by atoms with Gasteiger partial charge in [0.25, 0.3) is 11.7 Å². The lowest BCUT2D eigenvalue weighted by molar-refractivity contribution is 0.0935. The molecule has 27 heavy (non-hydrogen) atoms. The number of hydrogen-bond donors (Lipinski definition) is 1. The maximum Gasteiger partial charge on any atom is 0.261 e. The predicted molar refractivity (Wildman–Crippen MR) is 103 cm³/mol. The van der Waals surface area contributed by atoms with Crippen molar-refractivity contribution in [3.8, 4) is 0 Å². The fourth-order valence-corrected chi connectivity index (χ4v) is 4.13. The quantitative estimate of drug-likeness (QED) is 0.722. The normalized spacial score (nSPS) is 15.4. The van der Waals surface area contributed by atoms with Gasteiger partial charge in [-0.05, 0) is 31.9 Å². The molecule has 0 aliphatic carbocycles. The van der Waals surface area contributed by atoms with E-state index in [9.17, 15) is 4.79 Å². The van der Waals surface area contributed by atoms with Gasteiger partial charge in [-0.1, -0.05) is 0 Å². The molecule has 3 aromatic heterocycles. The molecule has 142 valence electrons. The van der Waals surface area contributed by atoms with E-state index in [4.69, 9.17) is 4.74 Å². The van der Waals surface area contributed by atoms with E-state index in [0.717, 1.165) is 47.2 Å². The Balaban J connectivity index is 1.44. The number of hydrogen-bond acceptors (Lipinski definition) is 7. The van der Waals surface area contributed by atoms with Crippen LogP contribution in [0.4, 0.5) is 5.82 Å². The number of nitrogens with zero attached hydrogens (tertiary/aromatic N) is 5. The molecule has 1 amide bonds. The van der Waals surface area contributed by atoms with Crippen molar-refractivity contribution >= 4 is 28.8 Å². The molecule has 8 nitrogen and oxygen atoms in total. The number of methoxy groups -OCH3 is 1. The van der Waals surface area contributed by atoms with Crippen LogP contribution in [0.1, 0.15) is 33.1 Å². The molecular weight excluding hydrogens is 364 g/mol. The van der Waals surface area contributed by atoms with Crippen LogP contribution in [0.25, 0.3) is 5.78 Å². The molecular formula is C18H22N6O2S. The van der Waals surface area contributed by atoms with E-state index in [2.05, 4.69) is 25.3 Å². The lowest BCUT2D eigenvalue weighted by atomic mass is 10.0. The first-order chi connectivity index (χ1) is 13.1. The molecule has 0 saturated carbocycles. The molecule has 1 N–H and O–H groups in total. The van der Waals surface area contributed by atoms with Crippen molar-refractivity contribution in [1.29, 1.82) is 0 Å². The average Bonchev–Trinajstić information content (AvgIpc) is 3.31. The zero-order chi connectivity index (χ0) is 18.8. The van der Waals surface area contributed by atoms with Crippen LogP contribution in [0.3, 0.4) is 0 Å². The number of piperidine rings is 1. The van der Waals surface area contributed by atoms with Crippen LogP contribution < -0.4 is 10.2 Å². The fraction of sp³-hybridized carbons (Fsp3) is 0.444. The highest BCUT2D eigenvalue weighted by Gasteiger charge is 2.24. The molecule has 0 atom stereocenters. The molecule has 3 aromatic rings. The standard InChI is InChI=1S/C18H22N6O2S/c1-12-3-4-15(27-12)17(25)21-13-5-7-23(8-6-13)16-9-14(10-26-2)22-18-19-11-20-24(16)18/h3-4,9,11,13H,5-8,10H2,1-2H3,(H,21,25). The highest BCUT2D eigenvalue weighted by atomic mass is 32.1. The number of anilines is 1. The number of thiophene rings is 1. The summed E-state index contributed by atoms with van der Waals surface area (Å²) in [6.45, 7) is 4.11. The molecule has 1 saturated heterocycles. The number of amides is 1. The van der Waals surface area contributed by atoms with Gasteiger partial charge in [-0.3, -0.25) is 4.79 Å². The smallest absolute Gasteiger partial charge is 0.261 e. The van der Waals surface area contributed by atoms with E-state index < -0.39 is 0 Å². The number of aryl methyl sites for hydroxylation is 1. The molecule has 0 unspecified atom stereocenters. The van der Waals surface area contributed by atoms with Gasteiger partial charge in [0.05, 0.1) is 17.2 Å². The Bertz CT molecular complexity index is 944. The second kappa shape index (κ2) is 7.61. The molecule has 1 fully saturated rings. The van der Waals surface area contributed by atoms with Gasteiger partial charge in [0, 0.05) is 37.2 Å². The topological polar surface area (TPSA) is 84.7 Å². The van der Waals surface area contributed by atoms with E-state index in [1.807, 2.05) is 25.1 Å². The molecule has 1 aliphatic rings. The Morgan fingerprint density at radius 3 is 2.89 bits per heavy atom. The summed E-state index contributed by atoms with van der Waals surface area (Å²) in [7, 11) is 1.65. The number of carbonyl (C=O) groups excluding carboxylic acids is 1. The third kappa shape index (κ3) is 3.79. The molecule has 9 heteroatoms. The molecule has 0 radical (unpaired) electrons. The summed E-state index contributed by atoms with van der Waals surface area (Å²) in [6.07, 6.45) is 3.28. The van der Waals surface area contributed by atoms with E-state index in [1.54, 1.807) is 11.6 Å².